The van der Waals surface area contributed by atoms with E-state index in [9.17, 15) is 0 Å². The topological polar surface area (TPSA) is 32.5 Å². The summed E-state index contributed by atoms with van der Waals surface area (Å²) in [4.78, 5) is 4.98. The average Bonchev–Trinajstić information content (AvgIpc) is 2.46. The summed E-state index contributed by atoms with van der Waals surface area (Å²) in [7, 11) is 0. The number of rotatable bonds is 4. The zero-order valence-electron chi connectivity index (χ0n) is 11.6. The molecule has 0 saturated carbocycles. The summed E-state index contributed by atoms with van der Waals surface area (Å²) >= 11 is 0. The van der Waals surface area contributed by atoms with Crippen LogP contribution < -0.4 is 10.6 Å². The molecule has 1 aliphatic heterocycles. The van der Waals surface area contributed by atoms with Gasteiger partial charge in [0.1, 0.15) is 0 Å². The second kappa shape index (κ2) is 6.21. The van der Waals surface area contributed by atoms with Gasteiger partial charge in [-0.15, -0.1) is 0 Å². The molecule has 1 heterocycles. The van der Waals surface area contributed by atoms with E-state index in [-0.39, 0.29) is 6.04 Å². The Balaban J connectivity index is 2.13. The minimum atomic E-state index is 0.158. The quantitative estimate of drug-likeness (QED) is 0.885. The van der Waals surface area contributed by atoms with Gasteiger partial charge >= 0.3 is 0 Å². The molecular weight excluding hydrogens is 222 g/mol. The Bertz CT molecular complexity index is 370. The first-order chi connectivity index (χ1) is 8.76. The summed E-state index contributed by atoms with van der Waals surface area (Å²) in [6.07, 6.45) is 0.992. The van der Waals surface area contributed by atoms with Crippen molar-refractivity contribution in [1.82, 2.24) is 4.90 Å². The van der Waals surface area contributed by atoms with Crippen molar-refractivity contribution in [2.75, 3.05) is 37.6 Å². The Morgan fingerprint density at radius 1 is 1.11 bits per heavy atom. The summed E-state index contributed by atoms with van der Waals surface area (Å²) in [6.45, 7) is 10.1. The number of piperazine rings is 1. The molecule has 1 saturated heterocycles. The van der Waals surface area contributed by atoms with Crippen molar-refractivity contribution in [2.24, 2.45) is 5.73 Å². The third-order valence-electron chi connectivity index (χ3n) is 3.94. The number of para-hydroxylation sites is 1. The normalized spacial score (nSPS) is 18.9. The van der Waals surface area contributed by atoms with Crippen LogP contribution in [0.5, 0.6) is 0 Å². The molecule has 3 heteroatoms. The molecule has 1 fully saturated rings. The highest BCUT2D eigenvalue weighted by Crippen LogP contribution is 2.27. The lowest BCUT2D eigenvalue weighted by atomic mass is 10.0. The second-order valence-corrected chi connectivity index (χ2v) is 4.99. The van der Waals surface area contributed by atoms with Crippen molar-refractivity contribution in [1.29, 1.82) is 0 Å². The maximum atomic E-state index is 6.22. The fourth-order valence-corrected chi connectivity index (χ4v) is 2.61. The molecule has 0 amide bonds. The summed E-state index contributed by atoms with van der Waals surface area (Å²) in [5.41, 5.74) is 8.85. The minimum absolute atomic E-state index is 0.158. The number of hydrogen-bond donors (Lipinski definition) is 1. The van der Waals surface area contributed by atoms with Crippen molar-refractivity contribution in [3.8, 4) is 0 Å². The van der Waals surface area contributed by atoms with Gasteiger partial charge in [-0.2, -0.15) is 0 Å². The van der Waals surface area contributed by atoms with Crippen LogP contribution in [0.1, 0.15) is 31.9 Å². The zero-order valence-corrected chi connectivity index (χ0v) is 11.6. The van der Waals surface area contributed by atoms with Crippen LogP contribution in [0.15, 0.2) is 24.3 Å². The van der Waals surface area contributed by atoms with Crippen LogP contribution in [-0.4, -0.2) is 37.6 Å². The average molecular weight is 247 g/mol. The lowest BCUT2D eigenvalue weighted by Crippen LogP contribution is -2.46. The zero-order chi connectivity index (χ0) is 13.0. The number of nitrogens with two attached hydrogens (primary N) is 1. The van der Waals surface area contributed by atoms with E-state index in [2.05, 4.69) is 47.9 Å². The summed E-state index contributed by atoms with van der Waals surface area (Å²) < 4.78 is 0. The summed E-state index contributed by atoms with van der Waals surface area (Å²) in [5, 5.41) is 0. The van der Waals surface area contributed by atoms with Gasteiger partial charge in [0.25, 0.3) is 0 Å². The highest BCUT2D eigenvalue weighted by Gasteiger charge is 2.19. The largest absolute Gasteiger partial charge is 0.369 e. The lowest BCUT2D eigenvalue weighted by molar-refractivity contribution is 0.271. The fourth-order valence-electron chi connectivity index (χ4n) is 2.61. The molecule has 0 aliphatic carbocycles. The maximum absolute atomic E-state index is 6.22. The van der Waals surface area contributed by atoms with Gasteiger partial charge in [-0.3, -0.25) is 0 Å². The summed E-state index contributed by atoms with van der Waals surface area (Å²) in [5.74, 6) is 0. The maximum Gasteiger partial charge on any atom is 0.0415 e. The molecule has 0 aromatic heterocycles. The monoisotopic (exact) mass is 247 g/mol. The van der Waals surface area contributed by atoms with Gasteiger partial charge < -0.3 is 15.5 Å². The van der Waals surface area contributed by atoms with E-state index in [1.807, 2.05) is 0 Å². The van der Waals surface area contributed by atoms with E-state index in [1.54, 1.807) is 0 Å². The first-order valence-electron chi connectivity index (χ1n) is 7.08. The van der Waals surface area contributed by atoms with Gasteiger partial charge in [0, 0.05) is 37.9 Å². The van der Waals surface area contributed by atoms with Gasteiger partial charge in [-0.1, -0.05) is 32.0 Å². The molecule has 18 heavy (non-hydrogen) atoms. The SMILES string of the molecule is CC[C@H](N)c1ccccc1N1CCN(CC)CC1. The van der Waals surface area contributed by atoms with Gasteiger partial charge in [-0.25, -0.2) is 0 Å². The van der Waals surface area contributed by atoms with Gasteiger partial charge in [-0.05, 0) is 24.6 Å². The van der Waals surface area contributed by atoms with Crippen molar-refractivity contribution < 1.29 is 0 Å². The Labute approximate surface area is 111 Å². The molecule has 0 spiro atoms. The molecule has 1 aromatic rings. The smallest absolute Gasteiger partial charge is 0.0415 e. The molecule has 100 valence electrons. The van der Waals surface area contributed by atoms with Crippen LogP contribution in [0.2, 0.25) is 0 Å². The Morgan fingerprint density at radius 2 is 1.78 bits per heavy atom. The number of benzene rings is 1. The molecule has 2 rings (SSSR count). The van der Waals surface area contributed by atoms with E-state index in [0.29, 0.717) is 0 Å². The molecule has 0 bridgehead atoms. The molecular formula is C15H25N3. The molecule has 0 unspecified atom stereocenters. The van der Waals surface area contributed by atoms with Crippen LogP contribution in [-0.2, 0) is 0 Å². The van der Waals surface area contributed by atoms with Crippen LogP contribution in [0.3, 0.4) is 0 Å². The van der Waals surface area contributed by atoms with Gasteiger partial charge in [0.2, 0.25) is 0 Å². The van der Waals surface area contributed by atoms with E-state index in [0.717, 1.165) is 39.1 Å². The van der Waals surface area contributed by atoms with E-state index in [1.165, 1.54) is 11.3 Å². The number of likely N-dealkylation sites (N-methyl/N-ethyl adjacent to an activating group) is 1. The molecule has 1 aliphatic rings. The first-order valence-corrected chi connectivity index (χ1v) is 7.08. The number of nitrogens with zero attached hydrogens (tertiary/aromatic N) is 2. The van der Waals surface area contributed by atoms with Crippen LogP contribution in [0.25, 0.3) is 0 Å². The summed E-state index contributed by atoms with van der Waals surface area (Å²) in [6, 6.07) is 8.76. The van der Waals surface area contributed by atoms with E-state index in [4.69, 9.17) is 5.73 Å². The molecule has 3 nitrogen and oxygen atoms in total. The van der Waals surface area contributed by atoms with Crippen molar-refractivity contribution in [2.45, 2.75) is 26.3 Å². The second-order valence-electron chi connectivity index (χ2n) is 4.99. The Morgan fingerprint density at radius 3 is 2.39 bits per heavy atom. The first kappa shape index (κ1) is 13.4. The van der Waals surface area contributed by atoms with Gasteiger partial charge in [0.05, 0.1) is 0 Å². The third kappa shape index (κ3) is 2.85. The highest BCUT2D eigenvalue weighted by atomic mass is 15.3. The molecule has 2 N–H and O–H groups in total. The van der Waals surface area contributed by atoms with Gasteiger partial charge in [0.15, 0.2) is 0 Å². The van der Waals surface area contributed by atoms with Crippen LogP contribution in [0.4, 0.5) is 5.69 Å². The number of anilines is 1. The van der Waals surface area contributed by atoms with Crippen LogP contribution >= 0.6 is 0 Å². The number of hydrogen-bond acceptors (Lipinski definition) is 3. The predicted octanol–water partition coefficient (Wildman–Crippen LogP) is 2.24. The standard InChI is InChI=1S/C15H25N3/c1-3-14(16)13-7-5-6-8-15(13)18-11-9-17(4-2)10-12-18/h5-8,14H,3-4,9-12,16H2,1-2H3/t14-/m0/s1. The van der Waals surface area contributed by atoms with Crippen molar-refractivity contribution in [3.63, 3.8) is 0 Å². The predicted molar refractivity (Wildman–Crippen MR) is 78.0 cm³/mol. The third-order valence-corrected chi connectivity index (χ3v) is 3.94. The highest BCUT2D eigenvalue weighted by molar-refractivity contribution is 5.55. The van der Waals surface area contributed by atoms with Crippen molar-refractivity contribution >= 4 is 5.69 Å². The van der Waals surface area contributed by atoms with E-state index >= 15 is 0 Å². The Kier molecular flexibility index (Phi) is 4.61. The Hall–Kier alpha value is -1.06. The fraction of sp³-hybridized carbons (Fsp3) is 0.600. The van der Waals surface area contributed by atoms with E-state index < -0.39 is 0 Å². The van der Waals surface area contributed by atoms with Crippen molar-refractivity contribution in [3.05, 3.63) is 29.8 Å². The molecule has 1 aromatic carbocycles. The molecule has 1 atom stereocenters. The lowest BCUT2D eigenvalue weighted by Gasteiger charge is -2.37. The minimum Gasteiger partial charge on any atom is -0.369 e. The molecule has 0 radical (unpaired) electrons. The van der Waals surface area contributed by atoms with Crippen LogP contribution in [0, 0.1) is 0 Å².